The van der Waals surface area contributed by atoms with Crippen LogP contribution in [0.2, 0.25) is 0 Å². The van der Waals surface area contributed by atoms with Crippen molar-refractivity contribution in [2.24, 2.45) is 0 Å². The fraction of sp³-hybridized carbons (Fsp3) is 0.500. The van der Waals surface area contributed by atoms with Crippen LogP contribution in [0.5, 0.6) is 5.75 Å². The molecule has 1 aromatic rings. The van der Waals surface area contributed by atoms with Crippen molar-refractivity contribution in [3.05, 3.63) is 23.8 Å². The topological polar surface area (TPSA) is 48.3 Å². The van der Waals surface area contributed by atoms with Crippen molar-refractivity contribution >= 4 is 5.69 Å². The molecule has 0 amide bonds. The van der Waals surface area contributed by atoms with Crippen molar-refractivity contribution in [1.29, 1.82) is 5.26 Å². The van der Waals surface area contributed by atoms with Crippen molar-refractivity contribution in [2.45, 2.75) is 25.9 Å². The Morgan fingerprint density at radius 3 is 2.89 bits per heavy atom. The van der Waals surface area contributed by atoms with Gasteiger partial charge >= 0.3 is 0 Å². The summed E-state index contributed by atoms with van der Waals surface area (Å²) in [5.41, 5.74) is 1.70. The van der Waals surface area contributed by atoms with Gasteiger partial charge in [-0.15, -0.1) is 0 Å². The van der Waals surface area contributed by atoms with Gasteiger partial charge in [-0.3, -0.25) is 0 Å². The molecule has 4 heteroatoms. The Morgan fingerprint density at radius 2 is 2.22 bits per heavy atom. The van der Waals surface area contributed by atoms with E-state index in [0.717, 1.165) is 18.8 Å². The van der Waals surface area contributed by atoms with E-state index in [1.165, 1.54) is 0 Å². The fourth-order valence-electron chi connectivity index (χ4n) is 2.33. The van der Waals surface area contributed by atoms with E-state index in [-0.39, 0.29) is 0 Å². The van der Waals surface area contributed by atoms with Crippen molar-refractivity contribution < 1.29 is 4.74 Å². The summed E-state index contributed by atoms with van der Waals surface area (Å²) in [6, 6.07) is 8.83. The molecule has 1 heterocycles. The Balaban J connectivity index is 2.30. The first-order valence-electron chi connectivity index (χ1n) is 6.24. The zero-order chi connectivity index (χ0) is 13.1. The molecule has 0 saturated carbocycles. The van der Waals surface area contributed by atoms with Gasteiger partial charge in [0, 0.05) is 36.9 Å². The van der Waals surface area contributed by atoms with E-state index in [2.05, 4.69) is 30.1 Å². The number of anilines is 1. The first kappa shape index (κ1) is 12.7. The predicted octanol–water partition coefficient (Wildman–Crippen LogP) is 1.75. The van der Waals surface area contributed by atoms with Crippen LogP contribution in [0.25, 0.3) is 0 Å². The second-order valence-electron chi connectivity index (χ2n) is 4.81. The fourth-order valence-corrected chi connectivity index (χ4v) is 2.33. The van der Waals surface area contributed by atoms with Gasteiger partial charge in [0.05, 0.1) is 12.7 Å². The number of nitrogens with zero attached hydrogens (tertiary/aromatic N) is 2. The molecule has 1 saturated heterocycles. The number of hydrogen-bond acceptors (Lipinski definition) is 4. The van der Waals surface area contributed by atoms with Gasteiger partial charge in [0.2, 0.25) is 0 Å². The largest absolute Gasteiger partial charge is 0.495 e. The molecular weight excluding hydrogens is 226 g/mol. The van der Waals surface area contributed by atoms with Gasteiger partial charge in [0.15, 0.2) is 0 Å². The van der Waals surface area contributed by atoms with E-state index < -0.39 is 0 Å². The van der Waals surface area contributed by atoms with E-state index in [9.17, 15) is 0 Å². The molecule has 18 heavy (non-hydrogen) atoms. The molecule has 0 radical (unpaired) electrons. The van der Waals surface area contributed by atoms with Crippen LogP contribution in [0.3, 0.4) is 0 Å². The van der Waals surface area contributed by atoms with E-state index >= 15 is 0 Å². The second-order valence-corrected chi connectivity index (χ2v) is 4.81. The van der Waals surface area contributed by atoms with Gasteiger partial charge in [0.25, 0.3) is 0 Å². The third-order valence-electron chi connectivity index (χ3n) is 3.40. The maximum absolute atomic E-state index is 8.99. The highest BCUT2D eigenvalue weighted by molar-refractivity contribution is 5.57. The van der Waals surface area contributed by atoms with Gasteiger partial charge in [-0.2, -0.15) is 5.26 Å². The smallest absolute Gasteiger partial charge is 0.138 e. The Morgan fingerprint density at radius 1 is 1.44 bits per heavy atom. The van der Waals surface area contributed by atoms with Crippen molar-refractivity contribution in [1.82, 2.24) is 5.32 Å². The van der Waals surface area contributed by atoms with E-state index in [4.69, 9.17) is 10.00 Å². The molecule has 0 aliphatic carbocycles. The molecule has 0 aromatic heterocycles. The van der Waals surface area contributed by atoms with Crippen molar-refractivity contribution in [3.8, 4) is 11.8 Å². The van der Waals surface area contributed by atoms with Gasteiger partial charge in [-0.25, -0.2) is 0 Å². The number of nitriles is 1. The van der Waals surface area contributed by atoms with E-state index in [1.807, 2.05) is 18.2 Å². The van der Waals surface area contributed by atoms with Crippen LogP contribution in [0.15, 0.2) is 18.2 Å². The summed E-state index contributed by atoms with van der Waals surface area (Å²) in [5, 5.41) is 12.4. The number of ether oxygens (including phenoxy) is 1. The highest BCUT2D eigenvalue weighted by Crippen LogP contribution is 2.27. The number of hydrogen-bond donors (Lipinski definition) is 1. The molecule has 0 spiro atoms. The van der Waals surface area contributed by atoms with Crippen LogP contribution >= 0.6 is 0 Å². The lowest BCUT2D eigenvalue weighted by Crippen LogP contribution is -2.54. The lowest BCUT2D eigenvalue weighted by atomic mass is 10.1. The van der Waals surface area contributed by atoms with Gasteiger partial charge in [0.1, 0.15) is 11.8 Å². The molecule has 96 valence electrons. The SMILES string of the molecule is COc1cc(N2C[C@@H](C)NC[C@@H]2C)ccc1C#N. The van der Waals surface area contributed by atoms with Crippen LogP contribution in [0.4, 0.5) is 5.69 Å². The molecule has 0 bridgehead atoms. The molecule has 2 rings (SSSR count). The van der Waals surface area contributed by atoms with Crippen LogP contribution < -0.4 is 15.0 Å². The normalized spacial score (nSPS) is 23.6. The molecule has 0 unspecified atom stereocenters. The minimum Gasteiger partial charge on any atom is -0.495 e. The van der Waals surface area contributed by atoms with Crippen LogP contribution in [-0.4, -0.2) is 32.3 Å². The van der Waals surface area contributed by atoms with Gasteiger partial charge in [-0.05, 0) is 26.0 Å². The zero-order valence-corrected chi connectivity index (χ0v) is 11.1. The second kappa shape index (κ2) is 5.28. The lowest BCUT2D eigenvalue weighted by molar-refractivity contribution is 0.409. The average molecular weight is 245 g/mol. The summed E-state index contributed by atoms with van der Waals surface area (Å²) < 4.78 is 5.26. The Hall–Kier alpha value is -1.73. The predicted molar refractivity (Wildman–Crippen MR) is 72.0 cm³/mol. The zero-order valence-electron chi connectivity index (χ0n) is 11.1. The molecule has 1 aromatic carbocycles. The number of methoxy groups -OCH3 is 1. The van der Waals surface area contributed by atoms with Gasteiger partial charge < -0.3 is 15.0 Å². The Kier molecular flexibility index (Phi) is 3.73. The number of piperazine rings is 1. The minimum absolute atomic E-state index is 0.443. The van der Waals surface area contributed by atoms with E-state index in [1.54, 1.807) is 7.11 Å². The molecule has 1 aliphatic heterocycles. The minimum atomic E-state index is 0.443. The highest BCUT2D eigenvalue weighted by Gasteiger charge is 2.23. The maximum atomic E-state index is 8.99. The number of nitrogens with one attached hydrogen (secondary N) is 1. The first-order valence-corrected chi connectivity index (χ1v) is 6.24. The van der Waals surface area contributed by atoms with Crippen molar-refractivity contribution in [3.63, 3.8) is 0 Å². The standard InChI is InChI=1S/C14H19N3O/c1-10-9-17(11(2)8-16-10)13-5-4-12(7-15)14(6-13)18-3/h4-6,10-11,16H,8-9H2,1-3H3/t10-,11+/m1/s1. The summed E-state index contributed by atoms with van der Waals surface area (Å²) in [7, 11) is 1.60. The maximum Gasteiger partial charge on any atom is 0.138 e. The third kappa shape index (κ3) is 2.41. The molecule has 2 atom stereocenters. The highest BCUT2D eigenvalue weighted by atomic mass is 16.5. The van der Waals surface area contributed by atoms with Crippen LogP contribution in [-0.2, 0) is 0 Å². The number of benzene rings is 1. The summed E-state index contributed by atoms with van der Waals surface area (Å²) in [6.45, 7) is 6.32. The third-order valence-corrected chi connectivity index (χ3v) is 3.40. The van der Waals surface area contributed by atoms with Gasteiger partial charge in [-0.1, -0.05) is 0 Å². The molecule has 4 nitrogen and oxygen atoms in total. The Labute approximate surface area is 108 Å². The summed E-state index contributed by atoms with van der Waals surface area (Å²) in [6.07, 6.45) is 0. The van der Waals surface area contributed by atoms with Crippen LogP contribution in [0, 0.1) is 11.3 Å². The van der Waals surface area contributed by atoms with E-state index in [0.29, 0.717) is 23.4 Å². The lowest BCUT2D eigenvalue weighted by Gasteiger charge is -2.39. The monoisotopic (exact) mass is 245 g/mol. The first-order chi connectivity index (χ1) is 8.65. The summed E-state index contributed by atoms with van der Waals surface area (Å²) in [5.74, 6) is 0.647. The molecule has 1 aliphatic rings. The Bertz CT molecular complexity index is 467. The molecular formula is C14H19N3O. The quantitative estimate of drug-likeness (QED) is 0.862. The van der Waals surface area contributed by atoms with Crippen LogP contribution in [0.1, 0.15) is 19.4 Å². The van der Waals surface area contributed by atoms with Crippen molar-refractivity contribution in [2.75, 3.05) is 25.1 Å². The number of rotatable bonds is 2. The molecule has 1 fully saturated rings. The average Bonchev–Trinajstić information content (AvgIpc) is 2.40. The molecule has 1 N–H and O–H groups in total. The summed E-state index contributed by atoms with van der Waals surface area (Å²) in [4.78, 5) is 2.35. The summed E-state index contributed by atoms with van der Waals surface area (Å²) >= 11 is 0.